The van der Waals surface area contributed by atoms with Gasteiger partial charge in [-0.1, -0.05) is 12.2 Å². The van der Waals surface area contributed by atoms with Crippen molar-refractivity contribution in [1.29, 1.82) is 0 Å². The molecule has 0 bridgehead atoms. The molecule has 0 aromatic carbocycles. The fourth-order valence-electron chi connectivity index (χ4n) is 2.41. The Labute approximate surface area is 88.6 Å². The van der Waals surface area contributed by atoms with Crippen molar-refractivity contribution in [3.8, 4) is 0 Å². The van der Waals surface area contributed by atoms with E-state index in [1.54, 1.807) is 0 Å². The molecule has 4 nitrogen and oxygen atoms in total. The molecule has 0 atom stereocenters. The molecule has 1 amide bonds. The zero-order chi connectivity index (χ0) is 10.9. The van der Waals surface area contributed by atoms with Crippen LogP contribution < -0.4 is 0 Å². The number of carboxylic acid groups (broad SMARTS) is 1. The number of piperidine rings is 1. The highest BCUT2D eigenvalue weighted by Crippen LogP contribution is 2.37. The maximum atomic E-state index is 11.8. The van der Waals surface area contributed by atoms with Crippen molar-refractivity contribution in [3.63, 3.8) is 0 Å². The quantitative estimate of drug-likeness (QED) is 0.617. The molecule has 0 aromatic rings. The number of carbonyl (C=O) groups excluding carboxylic acids is 1. The summed E-state index contributed by atoms with van der Waals surface area (Å²) < 4.78 is 0. The van der Waals surface area contributed by atoms with E-state index >= 15 is 0 Å². The van der Waals surface area contributed by atoms with Gasteiger partial charge in [0.25, 0.3) is 0 Å². The number of hydrogen-bond donors (Lipinski definition) is 1. The van der Waals surface area contributed by atoms with Gasteiger partial charge in [-0.25, -0.2) is 4.79 Å². The summed E-state index contributed by atoms with van der Waals surface area (Å²) in [6, 6.07) is 0. The Kier molecular flexibility index (Phi) is 2.50. The molecule has 15 heavy (non-hydrogen) atoms. The molecule has 0 radical (unpaired) electrons. The van der Waals surface area contributed by atoms with Crippen LogP contribution in [0.15, 0.2) is 12.2 Å². The van der Waals surface area contributed by atoms with Crippen LogP contribution in [-0.2, 0) is 4.79 Å². The molecule has 1 heterocycles. The molecule has 2 aliphatic rings. The van der Waals surface area contributed by atoms with Crippen LogP contribution in [0.4, 0.5) is 4.79 Å². The average molecular weight is 209 g/mol. The summed E-state index contributed by atoms with van der Waals surface area (Å²) in [4.78, 5) is 24.0. The fraction of sp³-hybridized carbons (Fsp3) is 0.636. The van der Waals surface area contributed by atoms with E-state index in [9.17, 15) is 9.59 Å². The van der Waals surface area contributed by atoms with Crippen LogP contribution in [0.1, 0.15) is 25.7 Å². The van der Waals surface area contributed by atoms with Crippen LogP contribution >= 0.6 is 0 Å². The van der Waals surface area contributed by atoms with Crippen molar-refractivity contribution in [2.75, 3.05) is 13.1 Å². The standard InChI is InChI=1S/C11H15NO3/c13-9-3-1-2-4-11(9)5-7-12(8-6-11)10(14)15/h2,4H,1,3,5-8H2,(H,14,15). The summed E-state index contributed by atoms with van der Waals surface area (Å²) >= 11 is 0. The van der Waals surface area contributed by atoms with E-state index in [1.807, 2.05) is 6.08 Å². The van der Waals surface area contributed by atoms with E-state index in [0.717, 1.165) is 6.42 Å². The van der Waals surface area contributed by atoms with Gasteiger partial charge < -0.3 is 10.0 Å². The third kappa shape index (κ3) is 1.76. The zero-order valence-electron chi connectivity index (χ0n) is 8.61. The summed E-state index contributed by atoms with van der Waals surface area (Å²) in [5, 5.41) is 8.81. The maximum absolute atomic E-state index is 11.8. The van der Waals surface area contributed by atoms with Crippen LogP contribution in [0.5, 0.6) is 0 Å². The second kappa shape index (κ2) is 3.68. The van der Waals surface area contributed by atoms with E-state index in [-0.39, 0.29) is 11.2 Å². The van der Waals surface area contributed by atoms with Gasteiger partial charge in [0.1, 0.15) is 5.78 Å². The lowest BCUT2D eigenvalue weighted by atomic mass is 9.71. The molecule has 0 saturated carbocycles. The number of nitrogens with zero attached hydrogens (tertiary/aromatic N) is 1. The van der Waals surface area contributed by atoms with Crippen LogP contribution in [0.2, 0.25) is 0 Å². The first-order valence-corrected chi connectivity index (χ1v) is 5.33. The van der Waals surface area contributed by atoms with Crippen molar-refractivity contribution >= 4 is 11.9 Å². The minimum absolute atomic E-state index is 0.287. The molecule has 1 aliphatic heterocycles. The van der Waals surface area contributed by atoms with Crippen LogP contribution in [0.3, 0.4) is 0 Å². The predicted molar refractivity (Wildman–Crippen MR) is 54.6 cm³/mol. The topological polar surface area (TPSA) is 57.6 Å². The third-order valence-electron chi connectivity index (χ3n) is 3.46. The minimum Gasteiger partial charge on any atom is -0.465 e. The first-order valence-electron chi connectivity index (χ1n) is 5.33. The van der Waals surface area contributed by atoms with Gasteiger partial charge in [0.15, 0.2) is 0 Å². The van der Waals surface area contributed by atoms with Gasteiger partial charge in [-0.2, -0.15) is 0 Å². The average Bonchev–Trinajstić information content (AvgIpc) is 2.23. The first-order chi connectivity index (χ1) is 7.14. The highest BCUT2D eigenvalue weighted by Gasteiger charge is 2.40. The Morgan fingerprint density at radius 2 is 2.07 bits per heavy atom. The summed E-state index contributed by atoms with van der Waals surface area (Å²) in [5.74, 6) is 0.287. The number of hydrogen-bond acceptors (Lipinski definition) is 2. The van der Waals surface area contributed by atoms with E-state index in [0.29, 0.717) is 32.4 Å². The Hall–Kier alpha value is -1.32. The smallest absolute Gasteiger partial charge is 0.407 e. The molecule has 1 fully saturated rings. The van der Waals surface area contributed by atoms with Crippen molar-refractivity contribution in [1.82, 2.24) is 4.90 Å². The normalized spacial score (nSPS) is 24.5. The van der Waals surface area contributed by atoms with E-state index < -0.39 is 6.09 Å². The van der Waals surface area contributed by atoms with Gasteiger partial charge in [0.2, 0.25) is 0 Å². The molecule has 4 heteroatoms. The molecule has 2 rings (SSSR count). The van der Waals surface area contributed by atoms with Gasteiger partial charge in [-0.05, 0) is 19.3 Å². The van der Waals surface area contributed by atoms with E-state index in [4.69, 9.17) is 5.11 Å². The van der Waals surface area contributed by atoms with Gasteiger partial charge >= 0.3 is 6.09 Å². The van der Waals surface area contributed by atoms with E-state index in [1.165, 1.54) is 4.90 Å². The lowest BCUT2D eigenvalue weighted by Gasteiger charge is -2.39. The number of allylic oxidation sites excluding steroid dienone is 2. The monoisotopic (exact) mass is 209 g/mol. The molecule has 0 aromatic heterocycles. The molecule has 0 unspecified atom stereocenters. The number of amides is 1. The summed E-state index contributed by atoms with van der Waals surface area (Å²) in [7, 11) is 0. The molecular weight excluding hydrogens is 194 g/mol. The van der Waals surface area contributed by atoms with Crippen molar-refractivity contribution < 1.29 is 14.7 Å². The predicted octanol–water partition coefficient (Wildman–Crippen LogP) is 1.67. The Balaban J connectivity index is 2.08. The zero-order valence-corrected chi connectivity index (χ0v) is 8.61. The first kappa shape index (κ1) is 10.2. The van der Waals surface area contributed by atoms with Crippen LogP contribution in [0, 0.1) is 5.41 Å². The highest BCUT2D eigenvalue weighted by atomic mass is 16.4. The van der Waals surface area contributed by atoms with E-state index in [2.05, 4.69) is 6.08 Å². The Morgan fingerprint density at radius 1 is 1.40 bits per heavy atom. The maximum Gasteiger partial charge on any atom is 0.407 e. The SMILES string of the molecule is O=C(O)N1CCC2(C=CCCC2=O)CC1. The Morgan fingerprint density at radius 3 is 2.60 bits per heavy atom. The molecule has 1 saturated heterocycles. The second-order valence-corrected chi connectivity index (χ2v) is 4.29. The molecule has 1 aliphatic carbocycles. The number of Topliss-reactive ketones (excluding diaryl/α,β-unsaturated/α-hetero) is 1. The summed E-state index contributed by atoms with van der Waals surface area (Å²) in [6.45, 7) is 0.955. The third-order valence-corrected chi connectivity index (χ3v) is 3.46. The van der Waals surface area contributed by atoms with Crippen LogP contribution in [-0.4, -0.2) is 35.0 Å². The number of ketones is 1. The van der Waals surface area contributed by atoms with Crippen molar-refractivity contribution in [2.45, 2.75) is 25.7 Å². The summed E-state index contributed by atoms with van der Waals surface area (Å²) in [6.07, 6.45) is 5.92. The van der Waals surface area contributed by atoms with Crippen molar-refractivity contribution in [3.05, 3.63) is 12.2 Å². The van der Waals surface area contributed by atoms with Crippen molar-refractivity contribution in [2.24, 2.45) is 5.41 Å². The Bertz CT molecular complexity index is 314. The molecule has 1 N–H and O–H groups in total. The number of rotatable bonds is 0. The lowest BCUT2D eigenvalue weighted by Crippen LogP contribution is -2.45. The van der Waals surface area contributed by atoms with Gasteiger partial charge in [0, 0.05) is 19.5 Å². The molecular formula is C11H15NO3. The molecule has 1 spiro atoms. The molecule has 82 valence electrons. The van der Waals surface area contributed by atoms with Gasteiger partial charge in [-0.3, -0.25) is 4.79 Å². The number of likely N-dealkylation sites (tertiary alicyclic amines) is 1. The minimum atomic E-state index is -0.878. The second-order valence-electron chi connectivity index (χ2n) is 4.29. The van der Waals surface area contributed by atoms with Gasteiger partial charge in [-0.15, -0.1) is 0 Å². The van der Waals surface area contributed by atoms with Gasteiger partial charge in [0.05, 0.1) is 5.41 Å². The largest absolute Gasteiger partial charge is 0.465 e. The number of carbonyl (C=O) groups is 2. The highest BCUT2D eigenvalue weighted by molar-refractivity contribution is 5.88. The lowest BCUT2D eigenvalue weighted by molar-refractivity contribution is -0.128. The van der Waals surface area contributed by atoms with Crippen LogP contribution in [0.25, 0.3) is 0 Å². The fourth-order valence-corrected chi connectivity index (χ4v) is 2.41. The summed E-state index contributed by atoms with van der Waals surface area (Å²) in [5.41, 5.74) is -0.343.